The molecule has 5 heterocycles. The molecule has 11 nitrogen and oxygen atoms in total. The fourth-order valence-corrected chi connectivity index (χ4v) is 8.17. The van der Waals surface area contributed by atoms with Gasteiger partial charge in [0, 0.05) is 62.2 Å². The van der Waals surface area contributed by atoms with Gasteiger partial charge in [-0.1, -0.05) is 33.1 Å². The smallest absolute Gasteiger partial charge is 0.350 e. The molecule has 1 aliphatic carbocycles. The number of carbonyl (C=O) groups is 1. The van der Waals surface area contributed by atoms with E-state index in [1.165, 1.54) is 10.5 Å². The molecule has 1 amide bonds. The Kier molecular flexibility index (Phi) is 9.36. The highest BCUT2D eigenvalue weighted by Crippen LogP contribution is 2.49. The molecule has 3 atom stereocenters. The lowest BCUT2D eigenvalue weighted by Crippen LogP contribution is -2.62. The summed E-state index contributed by atoms with van der Waals surface area (Å²) in [6.07, 6.45) is 3.17. The van der Waals surface area contributed by atoms with Crippen LogP contribution in [0.25, 0.3) is 5.65 Å². The minimum Gasteiger partial charge on any atom is -0.389 e. The molecule has 3 fully saturated rings. The number of nitrogens with zero attached hydrogens (tertiary/aromatic N) is 6. The number of aliphatic hydroxyl groups is 1. The third-order valence-corrected chi connectivity index (χ3v) is 10.6. The zero-order valence-corrected chi connectivity index (χ0v) is 28.9. The van der Waals surface area contributed by atoms with Crippen LogP contribution < -0.4 is 15.9 Å². The van der Waals surface area contributed by atoms with Crippen molar-refractivity contribution < 1.29 is 23.4 Å². The molecule has 0 bridgehead atoms. The highest BCUT2D eigenvalue weighted by Gasteiger charge is 2.49. The first-order chi connectivity index (χ1) is 22.1. The number of hydrogen-bond acceptors (Lipinski definition) is 8. The van der Waals surface area contributed by atoms with E-state index in [4.69, 9.17) is 4.74 Å². The SMILES string of the molecule is C[C@@H]1CN(CC(=O)N2CC(C)(C)c3c2cc(C(F)(F)C2CCCCC2)c2nn(CC(C)(C)O)c(=O)n32)[C@@H](CN2CCOC[C@H]2C)CN1. The summed E-state index contributed by atoms with van der Waals surface area (Å²) in [6.45, 7) is 15.9. The molecule has 2 saturated heterocycles. The second-order valence-corrected chi connectivity index (χ2v) is 15.8. The molecule has 3 aliphatic heterocycles. The summed E-state index contributed by atoms with van der Waals surface area (Å²) in [5, 5.41) is 18.6. The van der Waals surface area contributed by atoms with Crippen LogP contribution in [0, 0.1) is 5.92 Å². The Balaban J connectivity index is 1.40. The molecule has 4 aliphatic rings. The molecule has 1 saturated carbocycles. The molecule has 0 radical (unpaired) electrons. The van der Waals surface area contributed by atoms with E-state index >= 15 is 8.78 Å². The molecular formula is C34H53F2N7O4. The van der Waals surface area contributed by atoms with Gasteiger partial charge in [-0.25, -0.2) is 22.7 Å². The van der Waals surface area contributed by atoms with Gasteiger partial charge in [0.2, 0.25) is 5.91 Å². The molecular weight excluding hydrogens is 608 g/mol. The number of nitrogens with one attached hydrogen (secondary N) is 1. The van der Waals surface area contributed by atoms with Gasteiger partial charge in [-0.15, -0.1) is 5.10 Å². The van der Waals surface area contributed by atoms with Gasteiger partial charge in [-0.3, -0.25) is 14.6 Å². The van der Waals surface area contributed by atoms with E-state index in [1.807, 2.05) is 13.8 Å². The number of fused-ring (bicyclic) bond motifs is 3. The van der Waals surface area contributed by atoms with E-state index in [0.29, 0.717) is 44.0 Å². The highest BCUT2D eigenvalue weighted by atomic mass is 19.3. The second kappa shape index (κ2) is 12.8. The first kappa shape index (κ1) is 34.4. The third kappa shape index (κ3) is 6.75. The van der Waals surface area contributed by atoms with Crippen molar-refractivity contribution in [2.75, 3.05) is 57.4 Å². The number of aromatic nitrogens is 3. The minimum absolute atomic E-state index is 0.0911. The van der Waals surface area contributed by atoms with Crippen LogP contribution in [0.3, 0.4) is 0 Å². The molecule has 262 valence electrons. The summed E-state index contributed by atoms with van der Waals surface area (Å²) in [7, 11) is 0. The summed E-state index contributed by atoms with van der Waals surface area (Å²) in [6, 6.07) is 2.03. The maximum absolute atomic E-state index is 16.6. The van der Waals surface area contributed by atoms with Gasteiger partial charge in [0.05, 0.1) is 48.8 Å². The molecule has 2 aromatic heterocycles. The number of pyridine rings is 1. The summed E-state index contributed by atoms with van der Waals surface area (Å²) in [5.41, 5.74) is -2.14. The van der Waals surface area contributed by atoms with Gasteiger partial charge < -0.3 is 20.1 Å². The van der Waals surface area contributed by atoms with E-state index in [0.717, 1.165) is 43.6 Å². The van der Waals surface area contributed by atoms with Gasteiger partial charge in [-0.2, -0.15) is 0 Å². The lowest BCUT2D eigenvalue weighted by atomic mass is 9.81. The third-order valence-electron chi connectivity index (χ3n) is 10.6. The van der Waals surface area contributed by atoms with Crippen molar-refractivity contribution in [3.05, 3.63) is 27.8 Å². The number of amides is 1. The molecule has 0 aromatic carbocycles. The van der Waals surface area contributed by atoms with Crippen molar-refractivity contribution in [2.24, 2.45) is 5.92 Å². The Bertz CT molecular complexity index is 1530. The molecule has 47 heavy (non-hydrogen) atoms. The van der Waals surface area contributed by atoms with Crippen LogP contribution in [0.2, 0.25) is 0 Å². The monoisotopic (exact) mass is 661 g/mol. The predicted octanol–water partition coefficient (Wildman–Crippen LogP) is 2.95. The molecule has 2 N–H and O–H groups in total. The number of anilines is 1. The number of carbonyl (C=O) groups excluding carboxylic acids is 1. The number of morpholine rings is 1. The first-order valence-electron chi connectivity index (χ1n) is 17.4. The van der Waals surface area contributed by atoms with E-state index in [-0.39, 0.29) is 54.9 Å². The van der Waals surface area contributed by atoms with Crippen molar-refractivity contribution in [2.45, 2.75) is 115 Å². The van der Waals surface area contributed by atoms with Gasteiger partial charge in [0.25, 0.3) is 5.92 Å². The van der Waals surface area contributed by atoms with Crippen molar-refractivity contribution in [1.82, 2.24) is 29.3 Å². The Labute approximate surface area is 276 Å². The summed E-state index contributed by atoms with van der Waals surface area (Å²) in [5.74, 6) is -4.30. The molecule has 2 aromatic rings. The van der Waals surface area contributed by atoms with Crippen LogP contribution in [0.1, 0.15) is 84.9 Å². The number of hydrogen-bond donors (Lipinski definition) is 2. The summed E-state index contributed by atoms with van der Waals surface area (Å²) < 4.78 is 41.3. The molecule has 6 rings (SSSR count). The average Bonchev–Trinajstić information content (AvgIpc) is 3.46. The number of rotatable bonds is 8. The molecule has 13 heteroatoms. The Morgan fingerprint density at radius 3 is 2.57 bits per heavy atom. The minimum atomic E-state index is -3.25. The first-order valence-corrected chi connectivity index (χ1v) is 17.4. The van der Waals surface area contributed by atoms with Crippen LogP contribution in [0.4, 0.5) is 14.5 Å². The van der Waals surface area contributed by atoms with Crippen LogP contribution in [0.15, 0.2) is 10.9 Å². The van der Waals surface area contributed by atoms with Crippen LogP contribution in [-0.2, 0) is 27.4 Å². The fourth-order valence-electron chi connectivity index (χ4n) is 8.17. The Morgan fingerprint density at radius 2 is 1.89 bits per heavy atom. The highest BCUT2D eigenvalue weighted by molar-refractivity contribution is 5.98. The van der Waals surface area contributed by atoms with Crippen molar-refractivity contribution in [3.8, 4) is 0 Å². The Morgan fingerprint density at radius 1 is 1.17 bits per heavy atom. The Hall–Kier alpha value is -2.45. The number of halogens is 2. The van der Waals surface area contributed by atoms with E-state index in [9.17, 15) is 14.7 Å². The zero-order chi connectivity index (χ0) is 33.9. The van der Waals surface area contributed by atoms with Gasteiger partial charge in [0.1, 0.15) is 0 Å². The van der Waals surface area contributed by atoms with Gasteiger partial charge >= 0.3 is 5.69 Å². The maximum atomic E-state index is 16.6. The van der Waals surface area contributed by atoms with Crippen LogP contribution in [-0.4, -0.2) is 111 Å². The lowest BCUT2D eigenvalue weighted by molar-refractivity contribution is -0.121. The predicted molar refractivity (Wildman–Crippen MR) is 176 cm³/mol. The van der Waals surface area contributed by atoms with Crippen LogP contribution in [0.5, 0.6) is 0 Å². The van der Waals surface area contributed by atoms with E-state index in [2.05, 4.69) is 34.1 Å². The second-order valence-electron chi connectivity index (χ2n) is 15.8. The fraction of sp³-hybridized carbons (Fsp3) is 0.794. The maximum Gasteiger partial charge on any atom is 0.350 e. The van der Waals surface area contributed by atoms with E-state index in [1.54, 1.807) is 18.7 Å². The van der Waals surface area contributed by atoms with Crippen molar-refractivity contribution in [3.63, 3.8) is 0 Å². The zero-order valence-electron chi connectivity index (χ0n) is 28.9. The number of ether oxygens (including phenoxy) is 1. The topological polar surface area (TPSA) is 108 Å². The van der Waals surface area contributed by atoms with Crippen molar-refractivity contribution >= 4 is 17.2 Å². The standard InChI is InChI=1S/C34H53F2N7O4/c1-22-16-40(25(15-37-22)17-39-12-13-47-19-23(39)2)18-28(44)41-20-32(3,4)29-27(41)14-26(34(35,36)24-10-8-7-9-11-24)30-38-42(21-33(5,6)46)31(45)43(29)30/h14,22-25,37,46H,7-13,15-21H2,1-6H3/t22-,23-,25-/m1/s1. The van der Waals surface area contributed by atoms with Crippen LogP contribution >= 0.6 is 0 Å². The van der Waals surface area contributed by atoms with E-state index < -0.39 is 28.5 Å². The lowest BCUT2D eigenvalue weighted by Gasteiger charge is -2.43. The molecule has 0 unspecified atom stereocenters. The quantitative estimate of drug-likeness (QED) is 0.445. The summed E-state index contributed by atoms with van der Waals surface area (Å²) in [4.78, 5) is 34.6. The number of alkyl halides is 2. The largest absolute Gasteiger partial charge is 0.389 e. The molecule has 0 spiro atoms. The van der Waals surface area contributed by atoms with Gasteiger partial charge in [0.15, 0.2) is 5.65 Å². The average molecular weight is 662 g/mol. The van der Waals surface area contributed by atoms with Crippen molar-refractivity contribution in [1.29, 1.82) is 0 Å². The van der Waals surface area contributed by atoms with Gasteiger partial charge in [-0.05, 0) is 46.6 Å². The number of piperazine rings is 1. The normalized spacial score (nSPS) is 26.7. The summed E-state index contributed by atoms with van der Waals surface area (Å²) >= 11 is 0.